The van der Waals surface area contributed by atoms with Gasteiger partial charge in [-0.1, -0.05) is 18.2 Å². The van der Waals surface area contributed by atoms with Crippen molar-refractivity contribution in [2.45, 2.75) is 6.54 Å². The van der Waals surface area contributed by atoms with Crippen LogP contribution in [0.3, 0.4) is 0 Å². The van der Waals surface area contributed by atoms with Crippen LogP contribution in [0.2, 0.25) is 0 Å². The summed E-state index contributed by atoms with van der Waals surface area (Å²) in [6.45, 7) is 0.890. The van der Waals surface area contributed by atoms with Gasteiger partial charge in [-0.05, 0) is 6.07 Å². The summed E-state index contributed by atoms with van der Waals surface area (Å²) < 4.78 is 1.86. The Kier molecular flexibility index (Phi) is 2.86. The second-order valence-electron chi connectivity index (χ2n) is 4.42. The number of aromatic nitrogens is 3. The fraction of sp³-hybridized carbons (Fsp3) is 0.154. The smallest absolute Gasteiger partial charge is 0.312 e. The Bertz CT molecular complexity index is 794. The molecular weight excluding hydrogens is 256 g/mol. The third-order valence-electron chi connectivity index (χ3n) is 3.14. The van der Waals surface area contributed by atoms with Crippen molar-refractivity contribution >= 4 is 33.9 Å². The van der Waals surface area contributed by atoms with Gasteiger partial charge >= 0.3 is 6.03 Å². The van der Waals surface area contributed by atoms with E-state index in [-0.39, 0.29) is 0 Å². The number of pyridine rings is 1. The second-order valence-corrected chi connectivity index (χ2v) is 4.42. The molecule has 7 nitrogen and oxygen atoms in total. The zero-order valence-electron chi connectivity index (χ0n) is 10.7. The maximum absolute atomic E-state index is 10.7. The fourth-order valence-electron chi connectivity index (χ4n) is 2.30. The van der Waals surface area contributed by atoms with Crippen LogP contribution in [0.5, 0.6) is 0 Å². The van der Waals surface area contributed by atoms with E-state index in [0.717, 1.165) is 21.9 Å². The van der Waals surface area contributed by atoms with E-state index in [9.17, 15) is 4.79 Å². The van der Waals surface area contributed by atoms with Gasteiger partial charge in [0.15, 0.2) is 0 Å². The summed E-state index contributed by atoms with van der Waals surface area (Å²) in [4.78, 5) is 19.4. The Morgan fingerprint density at radius 1 is 1.30 bits per heavy atom. The number of anilines is 1. The van der Waals surface area contributed by atoms with Crippen LogP contribution in [0.1, 0.15) is 0 Å². The maximum Gasteiger partial charge on any atom is 0.312 e. The molecule has 2 heterocycles. The van der Waals surface area contributed by atoms with E-state index in [1.165, 1.54) is 0 Å². The molecule has 0 spiro atoms. The number of primary amides is 1. The number of fused-ring (bicyclic) bond motifs is 3. The third-order valence-corrected chi connectivity index (χ3v) is 3.14. The molecule has 0 unspecified atom stereocenters. The number of nitrogens with zero attached hydrogens (tertiary/aromatic N) is 3. The van der Waals surface area contributed by atoms with Gasteiger partial charge in [0.2, 0.25) is 5.95 Å². The molecule has 0 aliphatic rings. The largest absolute Gasteiger partial charge is 0.369 e. The molecule has 0 atom stereocenters. The number of amides is 2. The molecule has 3 aromatic rings. The molecule has 7 heteroatoms. The van der Waals surface area contributed by atoms with E-state index in [0.29, 0.717) is 19.0 Å². The molecular formula is C13H14N6O. The Balaban J connectivity index is 2.12. The fourth-order valence-corrected chi connectivity index (χ4v) is 2.30. The van der Waals surface area contributed by atoms with E-state index in [1.807, 2.05) is 28.8 Å². The van der Waals surface area contributed by atoms with Crippen LogP contribution in [-0.4, -0.2) is 27.1 Å². The van der Waals surface area contributed by atoms with Crippen molar-refractivity contribution in [3.05, 3.63) is 30.5 Å². The standard InChI is InChI=1S/C13H14N6O/c14-12-18-10-7-17-9-4-2-1-3-8(9)11(10)19(12)6-5-16-13(15)20/h1-4,7H,5-6H2,(H2,14,18)(H3,15,16,20). The lowest BCUT2D eigenvalue weighted by atomic mass is 10.2. The van der Waals surface area contributed by atoms with Gasteiger partial charge in [0.25, 0.3) is 0 Å². The van der Waals surface area contributed by atoms with Crippen LogP contribution in [0.4, 0.5) is 10.7 Å². The Morgan fingerprint density at radius 2 is 2.10 bits per heavy atom. The predicted octanol–water partition coefficient (Wildman–Crippen LogP) is 0.835. The number of nitrogen functional groups attached to an aromatic ring is 1. The number of nitrogens with two attached hydrogens (primary N) is 2. The number of hydrogen-bond donors (Lipinski definition) is 3. The first-order chi connectivity index (χ1) is 9.66. The van der Waals surface area contributed by atoms with E-state index in [1.54, 1.807) is 6.20 Å². The summed E-state index contributed by atoms with van der Waals surface area (Å²) in [5.74, 6) is 0.393. The number of hydrogen-bond acceptors (Lipinski definition) is 4. The molecule has 0 saturated heterocycles. The number of benzene rings is 1. The molecule has 2 amide bonds. The van der Waals surface area contributed by atoms with Crippen LogP contribution in [0.25, 0.3) is 21.9 Å². The van der Waals surface area contributed by atoms with Crippen molar-refractivity contribution in [2.75, 3.05) is 12.3 Å². The molecule has 0 bridgehead atoms. The maximum atomic E-state index is 10.7. The van der Waals surface area contributed by atoms with Crippen molar-refractivity contribution in [1.29, 1.82) is 0 Å². The first-order valence-corrected chi connectivity index (χ1v) is 6.19. The summed E-state index contributed by atoms with van der Waals surface area (Å²) in [5.41, 5.74) is 13.5. The normalized spacial score (nSPS) is 11.0. The molecule has 3 rings (SSSR count). The highest BCUT2D eigenvalue weighted by Gasteiger charge is 2.11. The minimum atomic E-state index is -0.556. The van der Waals surface area contributed by atoms with Crippen LogP contribution in [-0.2, 0) is 6.54 Å². The molecule has 20 heavy (non-hydrogen) atoms. The lowest BCUT2D eigenvalue weighted by molar-refractivity contribution is 0.248. The predicted molar refractivity (Wildman–Crippen MR) is 77.0 cm³/mol. The van der Waals surface area contributed by atoms with Crippen LogP contribution >= 0.6 is 0 Å². The molecule has 2 aromatic heterocycles. The summed E-state index contributed by atoms with van der Waals surface area (Å²) in [6, 6.07) is 7.23. The van der Waals surface area contributed by atoms with Crippen LogP contribution < -0.4 is 16.8 Å². The lowest BCUT2D eigenvalue weighted by Crippen LogP contribution is -2.32. The number of para-hydroxylation sites is 1. The molecule has 0 saturated carbocycles. The van der Waals surface area contributed by atoms with E-state index in [2.05, 4.69) is 15.3 Å². The number of nitrogens with one attached hydrogen (secondary N) is 1. The van der Waals surface area contributed by atoms with Crippen molar-refractivity contribution in [3.63, 3.8) is 0 Å². The number of urea groups is 1. The highest BCUT2D eigenvalue weighted by molar-refractivity contribution is 6.02. The Hall–Kier alpha value is -2.83. The summed E-state index contributed by atoms with van der Waals surface area (Å²) in [6.07, 6.45) is 1.70. The number of carbonyl (C=O) groups is 1. The van der Waals surface area contributed by atoms with Gasteiger partial charge in [-0.15, -0.1) is 0 Å². The molecule has 0 aliphatic heterocycles. The highest BCUT2D eigenvalue weighted by atomic mass is 16.2. The molecule has 1 aromatic carbocycles. The van der Waals surface area contributed by atoms with Gasteiger partial charge < -0.3 is 21.4 Å². The van der Waals surface area contributed by atoms with Gasteiger partial charge in [-0.3, -0.25) is 4.98 Å². The van der Waals surface area contributed by atoms with E-state index < -0.39 is 6.03 Å². The Morgan fingerprint density at radius 3 is 2.90 bits per heavy atom. The van der Waals surface area contributed by atoms with Crippen molar-refractivity contribution in [2.24, 2.45) is 5.73 Å². The SMILES string of the molecule is NC(=O)NCCn1c(N)nc2cnc3ccccc3c21. The molecule has 0 fully saturated rings. The molecule has 0 radical (unpaired) electrons. The summed E-state index contributed by atoms with van der Waals surface area (Å²) >= 11 is 0. The number of carbonyl (C=O) groups excluding carboxylic acids is 1. The highest BCUT2D eigenvalue weighted by Crippen LogP contribution is 2.25. The zero-order chi connectivity index (χ0) is 14.1. The first-order valence-electron chi connectivity index (χ1n) is 6.19. The van der Waals surface area contributed by atoms with Gasteiger partial charge in [-0.2, -0.15) is 0 Å². The minimum absolute atomic E-state index is 0.391. The van der Waals surface area contributed by atoms with Gasteiger partial charge in [0.1, 0.15) is 5.52 Å². The van der Waals surface area contributed by atoms with Crippen LogP contribution in [0.15, 0.2) is 30.5 Å². The quantitative estimate of drug-likeness (QED) is 0.654. The van der Waals surface area contributed by atoms with Gasteiger partial charge in [0.05, 0.1) is 17.2 Å². The molecule has 0 aliphatic carbocycles. The zero-order valence-corrected chi connectivity index (χ0v) is 10.7. The number of rotatable bonds is 3. The van der Waals surface area contributed by atoms with Crippen molar-refractivity contribution in [3.8, 4) is 0 Å². The number of imidazole rings is 1. The average Bonchev–Trinajstić information content (AvgIpc) is 2.75. The summed E-state index contributed by atoms with van der Waals surface area (Å²) in [7, 11) is 0. The minimum Gasteiger partial charge on any atom is -0.369 e. The first kappa shape index (κ1) is 12.2. The third kappa shape index (κ3) is 1.99. The Labute approximate surface area is 114 Å². The summed E-state index contributed by atoms with van der Waals surface area (Å²) in [5, 5.41) is 3.52. The van der Waals surface area contributed by atoms with Crippen LogP contribution in [0, 0.1) is 0 Å². The molecule has 102 valence electrons. The van der Waals surface area contributed by atoms with Gasteiger partial charge in [-0.25, -0.2) is 9.78 Å². The second kappa shape index (κ2) is 4.69. The van der Waals surface area contributed by atoms with E-state index in [4.69, 9.17) is 11.5 Å². The topological polar surface area (TPSA) is 112 Å². The van der Waals surface area contributed by atoms with Crippen molar-refractivity contribution < 1.29 is 4.79 Å². The lowest BCUT2D eigenvalue weighted by Gasteiger charge is -2.08. The van der Waals surface area contributed by atoms with Gasteiger partial charge in [0, 0.05) is 18.5 Å². The average molecular weight is 270 g/mol. The monoisotopic (exact) mass is 270 g/mol. The van der Waals surface area contributed by atoms with Crippen molar-refractivity contribution in [1.82, 2.24) is 19.9 Å². The molecule has 5 N–H and O–H groups in total. The van der Waals surface area contributed by atoms with E-state index >= 15 is 0 Å².